The largest absolute Gasteiger partial charge is 0.228 e. The van der Waals surface area contributed by atoms with E-state index in [1.807, 2.05) is 12.3 Å². The van der Waals surface area contributed by atoms with E-state index in [1.54, 1.807) is 10.7 Å². The number of rotatable bonds is 1. The molecule has 0 saturated carbocycles. The zero-order chi connectivity index (χ0) is 15.6. The molecule has 0 amide bonds. The van der Waals surface area contributed by atoms with Gasteiger partial charge >= 0.3 is 0 Å². The molecule has 0 radical (unpaired) electrons. The van der Waals surface area contributed by atoms with Crippen molar-refractivity contribution in [2.75, 3.05) is 0 Å². The van der Waals surface area contributed by atoms with E-state index < -0.39 is 0 Å². The molecule has 4 nitrogen and oxygen atoms in total. The topological polar surface area (TPSA) is 54.0 Å². The highest BCUT2D eigenvalue weighted by atomic mass is 15.2. The summed E-state index contributed by atoms with van der Waals surface area (Å²) < 4.78 is 1.67. The van der Waals surface area contributed by atoms with Gasteiger partial charge in [0, 0.05) is 6.20 Å². The number of nitrogens with zero attached hydrogens (tertiary/aromatic N) is 4. The van der Waals surface area contributed by atoms with Crippen LogP contribution in [0, 0.1) is 16.7 Å². The van der Waals surface area contributed by atoms with Crippen molar-refractivity contribution >= 4 is 11.2 Å². The Morgan fingerprint density at radius 3 is 2.95 bits per heavy atom. The normalized spacial score (nSPS) is 21.2. The molecule has 2 heterocycles. The van der Waals surface area contributed by atoms with Crippen molar-refractivity contribution in [3.8, 4) is 6.07 Å². The lowest BCUT2D eigenvalue weighted by atomic mass is 9.82. The molecule has 4 heteroatoms. The van der Waals surface area contributed by atoms with E-state index in [0.29, 0.717) is 16.6 Å². The van der Waals surface area contributed by atoms with E-state index in [0.717, 1.165) is 18.5 Å². The molecular formula is C18H22N4. The van der Waals surface area contributed by atoms with Gasteiger partial charge in [0.05, 0.1) is 11.9 Å². The smallest absolute Gasteiger partial charge is 0.173 e. The highest BCUT2D eigenvalue weighted by Crippen LogP contribution is 2.34. The summed E-state index contributed by atoms with van der Waals surface area (Å²) in [6, 6.07) is 4.17. The number of aromatic nitrogens is 3. The standard InChI is InChI=1S/C18H22N4/c1-18(2)9-5-3-4-6-14(7-10-18)16-8-11-22-17(21-16)15(12-19)13-20-22/h6,8,11,13H,3-5,7,9-10H2,1-2H3/b14-6+. The van der Waals surface area contributed by atoms with Crippen LogP contribution in [-0.2, 0) is 0 Å². The Labute approximate surface area is 131 Å². The van der Waals surface area contributed by atoms with Crippen LogP contribution < -0.4 is 0 Å². The van der Waals surface area contributed by atoms with Gasteiger partial charge in [0.25, 0.3) is 0 Å². The van der Waals surface area contributed by atoms with Crippen LogP contribution in [-0.4, -0.2) is 14.6 Å². The highest BCUT2D eigenvalue weighted by molar-refractivity contribution is 5.65. The monoisotopic (exact) mass is 294 g/mol. The van der Waals surface area contributed by atoms with E-state index >= 15 is 0 Å². The van der Waals surface area contributed by atoms with Crippen LogP contribution in [0.25, 0.3) is 11.2 Å². The zero-order valence-electron chi connectivity index (χ0n) is 13.3. The second kappa shape index (κ2) is 5.92. The van der Waals surface area contributed by atoms with Crippen molar-refractivity contribution in [1.29, 1.82) is 5.26 Å². The minimum Gasteiger partial charge on any atom is -0.228 e. The summed E-state index contributed by atoms with van der Waals surface area (Å²) in [4.78, 5) is 4.69. The molecule has 0 atom stereocenters. The molecule has 0 fully saturated rings. The molecule has 114 valence electrons. The Bertz CT molecular complexity index is 746. The maximum Gasteiger partial charge on any atom is 0.173 e. The number of hydrogen-bond donors (Lipinski definition) is 0. The van der Waals surface area contributed by atoms with Crippen LogP contribution >= 0.6 is 0 Å². The van der Waals surface area contributed by atoms with Gasteiger partial charge in [-0.15, -0.1) is 0 Å². The average molecular weight is 294 g/mol. The molecule has 3 rings (SSSR count). The van der Waals surface area contributed by atoms with Crippen LogP contribution in [0.5, 0.6) is 0 Å². The number of allylic oxidation sites excluding steroid dienone is 2. The maximum absolute atomic E-state index is 9.16. The third kappa shape index (κ3) is 3.04. The summed E-state index contributed by atoms with van der Waals surface area (Å²) in [6.07, 6.45) is 13.0. The summed E-state index contributed by atoms with van der Waals surface area (Å²) in [5.74, 6) is 0. The van der Waals surface area contributed by atoms with E-state index in [2.05, 4.69) is 31.1 Å². The van der Waals surface area contributed by atoms with Crippen molar-refractivity contribution in [2.45, 2.75) is 52.4 Å². The van der Waals surface area contributed by atoms with Gasteiger partial charge in [-0.3, -0.25) is 0 Å². The number of hydrogen-bond acceptors (Lipinski definition) is 3. The van der Waals surface area contributed by atoms with Gasteiger partial charge < -0.3 is 0 Å². The van der Waals surface area contributed by atoms with Crippen LogP contribution in [0.4, 0.5) is 0 Å². The lowest BCUT2D eigenvalue weighted by molar-refractivity contribution is 0.302. The fraction of sp³-hybridized carbons (Fsp3) is 0.500. The number of fused-ring (bicyclic) bond motifs is 1. The van der Waals surface area contributed by atoms with Crippen molar-refractivity contribution < 1.29 is 0 Å². The zero-order valence-corrected chi connectivity index (χ0v) is 13.3. The minimum absolute atomic E-state index is 0.391. The third-order valence-corrected chi connectivity index (χ3v) is 4.59. The predicted molar refractivity (Wildman–Crippen MR) is 87.2 cm³/mol. The molecule has 0 saturated heterocycles. The Morgan fingerprint density at radius 1 is 1.27 bits per heavy atom. The molecule has 1 aliphatic carbocycles. The van der Waals surface area contributed by atoms with Crippen molar-refractivity contribution in [3.05, 3.63) is 35.8 Å². The van der Waals surface area contributed by atoms with Gasteiger partial charge in [-0.2, -0.15) is 10.4 Å². The van der Waals surface area contributed by atoms with E-state index in [9.17, 15) is 0 Å². The molecule has 1 aliphatic rings. The van der Waals surface area contributed by atoms with Gasteiger partial charge in [0.2, 0.25) is 0 Å². The van der Waals surface area contributed by atoms with Crippen molar-refractivity contribution in [2.24, 2.45) is 5.41 Å². The second-order valence-corrected chi connectivity index (χ2v) is 6.89. The SMILES string of the molecule is CC1(C)CCCC/C=C(/c2ccn3ncc(C#N)c3n2)CC1. The molecule has 0 unspecified atom stereocenters. The van der Waals surface area contributed by atoms with Gasteiger partial charge in [-0.1, -0.05) is 26.3 Å². The summed E-state index contributed by atoms with van der Waals surface area (Å²) in [5.41, 5.74) is 3.87. The first-order chi connectivity index (χ1) is 10.6. The quantitative estimate of drug-likeness (QED) is 0.785. The summed E-state index contributed by atoms with van der Waals surface area (Å²) in [6.45, 7) is 4.72. The molecule has 0 aromatic carbocycles. The molecule has 0 aliphatic heterocycles. The molecule has 2 aromatic heterocycles. The Kier molecular flexibility index (Phi) is 3.98. The van der Waals surface area contributed by atoms with E-state index in [4.69, 9.17) is 10.2 Å². The molecular weight excluding hydrogens is 272 g/mol. The minimum atomic E-state index is 0.391. The first kappa shape index (κ1) is 14.8. The highest BCUT2D eigenvalue weighted by Gasteiger charge is 2.20. The van der Waals surface area contributed by atoms with Crippen LogP contribution in [0.2, 0.25) is 0 Å². The van der Waals surface area contributed by atoms with Crippen LogP contribution in [0.3, 0.4) is 0 Å². The summed E-state index contributed by atoms with van der Waals surface area (Å²) >= 11 is 0. The van der Waals surface area contributed by atoms with Crippen LogP contribution in [0.1, 0.15) is 63.6 Å². The van der Waals surface area contributed by atoms with Gasteiger partial charge in [0.15, 0.2) is 5.65 Å². The first-order valence-electron chi connectivity index (χ1n) is 8.03. The van der Waals surface area contributed by atoms with E-state index in [1.165, 1.54) is 31.3 Å². The Morgan fingerprint density at radius 2 is 2.14 bits per heavy atom. The molecule has 0 bridgehead atoms. The average Bonchev–Trinajstić information content (AvgIpc) is 2.94. The Hall–Kier alpha value is -2.15. The summed E-state index contributed by atoms with van der Waals surface area (Å²) in [5, 5.41) is 13.3. The van der Waals surface area contributed by atoms with Gasteiger partial charge in [0.1, 0.15) is 11.6 Å². The van der Waals surface area contributed by atoms with Gasteiger partial charge in [-0.05, 0) is 49.2 Å². The molecule has 0 spiro atoms. The van der Waals surface area contributed by atoms with E-state index in [-0.39, 0.29) is 0 Å². The molecule has 2 aromatic rings. The van der Waals surface area contributed by atoms with Gasteiger partial charge in [-0.25, -0.2) is 9.50 Å². The van der Waals surface area contributed by atoms with Crippen LogP contribution in [0.15, 0.2) is 24.5 Å². The second-order valence-electron chi connectivity index (χ2n) is 6.89. The predicted octanol–water partition coefficient (Wildman–Crippen LogP) is 4.36. The lowest BCUT2D eigenvalue weighted by Gasteiger charge is -2.24. The third-order valence-electron chi connectivity index (χ3n) is 4.59. The molecule has 0 N–H and O–H groups in total. The maximum atomic E-state index is 9.16. The molecule has 22 heavy (non-hydrogen) atoms. The Balaban J connectivity index is 1.95. The first-order valence-corrected chi connectivity index (χ1v) is 8.03. The fourth-order valence-corrected chi connectivity index (χ4v) is 3.08. The lowest BCUT2D eigenvalue weighted by Crippen LogP contribution is -2.11. The number of nitriles is 1. The fourth-order valence-electron chi connectivity index (χ4n) is 3.08. The van der Waals surface area contributed by atoms with Crippen molar-refractivity contribution in [1.82, 2.24) is 14.6 Å². The van der Waals surface area contributed by atoms with Crippen molar-refractivity contribution in [3.63, 3.8) is 0 Å². The summed E-state index contributed by atoms with van der Waals surface area (Å²) in [7, 11) is 0.